The van der Waals surface area contributed by atoms with Gasteiger partial charge in [-0.2, -0.15) is 5.10 Å². The largest absolute Gasteiger partial charge is 0.490 e. The van der Waals surface area contributed by atoms with E-state index in [1.165, 1.54) is 6.20 Å². The number of nitrogens with one attached hydrogen (secondary N) is 2. The fraction of sp³-hybridized carbons (Fsp3) is 0.379. The second kappa shape index (κ2) is 10.2. The van der Waals surface area contributed by atoms with Crippen molar-refractivity contribution in [2.45, 2.75) is 38.2 Å². The first kappa shape index (κ1) is 24.5. The molecule has 6 rings (SSSR count). The highest BCUT2D eigenvalue weighted by Crippen LogP contribution is 2.52. The van der Waals surface area contributed by atoms with Crippen molar-refractivity contribution in [2.24, 2.45) is 11.8 Å². The molecular weight excluding hydrogens is 482 g/mol. The monoisotopic (exact) mass is 515 g/mol. The molecule has 2 aromatic carbocycles. The summed E-state index contributed by atoms with van der Waals surface area (Å²) in [5.41, 5.74) is 11.1. The van der Waals surface area contributed by atoms with E-state index in [9.17, 15) is 9.90 Å². The highest BCUT2D eigenvalue weighted by Gasteiger charge is 2.46. The van der Waals surface area contributed by atoms with Gasteiger partial charge in [0, 0.05) is 44.0 Å². The van der Waals surface area contributed by atoms with Gasteiger partial charge in [-0.1, -0.05) is 24.3 Å². The lowest BCUT2D eigenvalue weighted by atomic mass is 9.95. The predicted octanol–water partition coefficient (Wildman–Crippen LogP) is 4.33. The number of carboxylic acids is 1. The Morgan fingerprint density at radius 1 is 1.13 bits per heavy atom. The first-order valence-corrected chi connectivity index (χ1v) is 13.2. The first-order valence-electron chi connectivity index (χ1n) is 13.2. The molecule has 3 unspecified atom stereocenters. The van der Waals surface area contributed by atoms with Crippen LogP contribution in [-0.2, 0) is 4.74 Å². The van der Waals surface area contributed by atoms with Gasteiger partial charge in [-0.3, -0.25) is 5.01 Å². The molecule has 9 heteroatoms. The lowest BCUT2D eigenvalue weighted by molar-refractivity contribution is 0.0239. The third-order valence-corrected chi connectivity index (χ3v) is 7.80. The number of hydrogen-bond acceptors (Lipinski definition) is 7. The van der Waals surface area contributed by atoms with Crippen molar-refractivity contribution in [3.63, 3.8) is 0 Å². The zero-order valence-corrected chi connectivity index (χ0v) is 21.6. The van der Waals surface area contributed by atoms with Crippen LogP contribution in [0.2, 0.25) is 0 Å². The number of ether oxygens (including phenoxy) is 2. The van der Waals surface area contributed by atoms with Gasteiger partial charge in [0.25, 0.3) is 0 Å². The summed E-state index contributed by atoms with van der Waals surface area (Å²) >= 11 is 0. The molecule has 3 aromatic rings. The standard InChI is InChI=1S/C29H33N5O4/c1-18(19-9-11-37-12-10-19)38-23-8-4-6-21(14-23)20-5-3-7-22(13-20)34-28(26(16-30-34)29(35)36)25-15-24(25)27-17-33(2)32-31-27/h3-8,13-14,16-19,24-25,31-32H,9-12,15H2,1-2H3,(H,35,36). The van der Waals surface area contributed by atoms with Crippen molar-refractivity contribution in [2.75, 3.05) is 20.3 Å². The maximum Gasteiger partial charge on any atom is 0.339 e. The molecule has 1 aromatic heterocycles. The van der Waals surface area contributed by atoms with Gasteiger partial charge in [-0.15, -0.1) is 5.53 Å². The summed E-state index contributed by atoms with van der Waals surface area (Å²) in [6, 6.07) is 16.2. The van der Waals surface area contributed by atoms with Gasteiger partial charge in [-0.25, -0.2) is 9.48 Å². The van der Waals surface area contributed by atoms with E-state index >= 15 is 0 Å². The van der Waals surface area contributed by atoms with E-state index in [1.54, 1.807) is 4.68 Å². The van der Waals surface area contributed by atoms with Crippen LogP contribution in [0.25, 0.3) is 16.8 Å². The molecule has 38 heavy (non-hydrogen) atoms. The van der Waals surface area contributed by atoms with Crippen molar-refractivity contribution in [1.29, 1.82) is 0 Å². The van der Waals surface area contributed by atoms with Crippen LogP contribution in [0, 0.1) is 11.8 Å². The Labute approximate surface area is 222 Å². The summed E-state index contributed by atoms with van der Waals surface area (Å²) in [5, 5.41) is 16.3. The molecule has 3 aliphatic rings. The Morgan fingerprint density at radius 3 is 2.63 bits per heavy atom. The summed E-state index contributed by atoms with van der Waals surface area (Å²) in [6.07, 6.45) is 6.50. The molecule has 0 radical (unpaired) electrons. The normalized spacial score (nSPS) is 22.1. The van der Waals surface area contributed by atoms with E-state index < -0.39 is 5.97 Å². The Bertz CT molecular complexity index is 1360. The van der Waals surface area contributed by atoms with E-state index in [1.807, 2.05) is 42.5 Å². The average molecular weight is 516 g/mol. The van der Waals surface area contributed by atoms with Crippen LogP contribution in [0.1, 0.15) is 48.2 Å². The second-order valence-electron chi connectivity index (χ2n) is 10.4. The van der Waals surface area contributed by atoms with E-state index in [4.69, 9.17) is 9.47 Å². The SMILES string of the molecule is CC(Oc1cccc(-c2cccc(-n3ncc(C(=O)O)c3C3CC3C3=CN(C)NN3)c2)c1)C1CCOCC1. The Morgan fingerprint density at radius 2 is 1.89 bits per heavy atom. The van der Waals surface area contributed by atoms with Gasteiger partial charge in [0.2, 0.25) is 0 Å². The topological polar surface area (TPSA) is 101 Å². The minimum Gasteiger partial charge on any atom is -0.490 e. The number of nitrogens with zero attached hydrogens (tertiary/aromatic N) is 3. The van der Waals surface area contributed by atoms with Crippen LogP contribution in [0.4, 0.5) is 0 Å². The number of benzene rings is 2. The van der Waals surface area contributed by atoms with E-state index in [2.05, 4.69) is 47.2 Å². The average Bonchev–Trinajstić information content (AvgIpc) is 3.38. The molecule has 3 heterocycles. The molecule has 0 spiro atoms. The van der Waals surface area contributed by atoms with Crippen molar-refractivity contribution >= 4 is 5.97 Å². The minimum atomic E-state index is -0.958. The fourth-order valence-electron chi connectivity index (χ4n) is 5.60. The summed E-state index contributed by atoms with van der Waals surface area (Å²) in [7, 11) is 1.92. The molecule has 0 bridgehead atoms. The molecule has 1 saturated carbocycles. The van der Waals surface area contributed by atoms with Gasteiger partial charge in [-0.05, 0) is 67.5 Å². The summed E-state index contributed by atoms with van der Waals surface area (Å²) in [6.45, 7) is 3.74. The van der Waals surface area contributed by atoms with E-state index in [0.29, 0.717) is 5.92 Å². The van der Waals surface area contributed by atoms with Crippen molar-refractivity contribution < 1.29 is 19.4 Å². The number of rotatable bonds is 8. The lowest BCUT2D eigenvalue weighted by Crippen LogP contribution is -2.33. The summed E-state index contributed by atoms with van der Waals surface area (Å²) in [5.74, 6) is 0.671. The number of hydrazine groups is 2. The van der Waals surface area contributed by atoms with Gasteiger partial charge < -0.3 is 20.0 Å². The molecule has 2 fully saturated rings. The van der Waals surface area contributed by atoms with Crippen LogP contribution in [0.5, 0.6) is 5.75 Å². The fourth-order valence-corrected chi connectivity index (χ4v) is 5.60. The molecule has 0 amide bonds. The maximum absolute atomic E-state index is 12.1. The van der Waals surface area contributed by atoms with E-state index in [-0.39, 0.29) is 23.5 Å². The number of hydrogen-bond donors (Lipinski definition) is 3. The second-order valence-corrected chi connectivity index (χ2v) is 10.4. The number of aromatic carboxylic acids is 1. The first-order chi connectivity index (χ1) is 18.5. The molecule has 3 atom stereocenters. The van der Waals surface area contributed by atoms with Crippen LogP contribution >= 0.6 is 0 Å². The highest BCUT2D eigenvalue weighted by molar-refractivity contribution is 5.89. The van der Waals surface area contributed by atoms with Crippen LogP contribution in [0.15, 0.2) is 66.6 Å². The maximum atomic E-state index is 12.1. The van der Waals surface area contributed by atoms with Gasteiger partial charge >= 0.3 is 5.97 Å². The summed E-state index contributed by atoms with van der Waals surface area (Å²) in [4.78, 5) is 12.1. The molecule has 2 aliphatic heterocycles. The van der Waals surface area contributed by atoms with Crippen LogP contribution in [-0.4, -0.2) is 52.2 Å². The third kappa shape index (κ3) is 4.87. The Kier molecular flexibility index (Phi) is 6.55. The van der Waals surface area contributed by atoms with Gasteiger partial charge in [0.1, 0.15) is 11.3 Å². The molecular formula is C29H33N5O4. The molecule has 9 nitrogen and oxygen atoms in total. The zero-order valence-electron chi connectivity index (χ0n) is 21.6. The van der Waals surface area contributed by atoms with Crippen molar-refractivity contribution in [3.05, 3.63) is 77.9 Å². The molecule has 1 saturated heterocycles. The van der Waals surface area contributed by atoms with Crippen molar-refractivity contribution in [3.8, 4) is 22.6 Å². The number of aromatic nitrogens is 2. The van der Waals surface area contributed by atoms with Crippen molar-refractivity contribution in [1.82, 2.24) is 25.7 Å². The molecule has 1 aliphatic carbocycles. The number of carboxylic acid groups (broad SMARTS) is 1. The van der Waals surface area contributed by atoms with Crippen LogP contribution < -0.4 is 15.7 Å². The summed E-state index contributed by atoms with van der Waals surface area (Å²) < 4.78 is 13.6. The minimum absolute atomic E-state index is 0.0720. The third-order valence-electron chi connectivity index (χ3n) is 7.80. The molecule has 3 N–H and O–H groups in total. The predicted molar refractivity (Wildman–Crippen MR) is 143 cm³/mol. The van der Waals surface area contributed by atoms with Gasteiger partial charge in [0.15, 0.2) is 0 Å². The number of allylic oxidation sites excluding steroid dienone is 1. The molecule has 198 valence electrons. The smallest absolute Gasteiger partial charge is 0.339 e. The quantitative estimate of drug-likeness (QED) is 0.408. The Balaban J connectivity index is 1.27. The zero-order chi connectivity index (χ0) is 26.2. The van der Waals surface area contributed by atoms with E-state index in [0.717, 1.165) is 66.4 Å². The number of carbonyl (C=O) groups is 1. The van der Waals surface area contributed by atoms with Gasteiger partial charge in [0.05, 0.1) is 23.7 Å². The Hall–Kier alpha value is -3.82. The van der Waals surface area contributed by atoms with Crippen LogP contribution in [0.3, 0.4) is 0 Å². The lowest BCUT2D eigenvalue weighted by Gasteiger charge is -2.28. The highest BCUT2D eigenvalue weighted by atomic mass is 16.5.